The summed E-state index contributed by atoms with van der Waals surface area (Å²) in [6, 6.07) is 0. The fourth-order valence-corrected chi connectivity index (χ4v) is 10.2. The lowest BCUT2D eigenvalue weighted by atomic mass is 9.43. The van der Waals surface area contributed by atoms with Crippen LogP contribution in [0.1, 0.15) is 92.9 Å². The smallest absolute Gasteiger partial charge is 0.319 e. The van der Waals surface area contributed by atoms with Crippen molar-refractivity contribution in [2.45, 2.75) is 129 Å². The van der Waals surface area contributed by atoms with E-state index in [9.17, 15) is 15.0 Å². The van der Waals surface area contributed by atoms with Gasteiger partial charge in [0.2, 0.25) is 0 Å². The van der Waals surface area contributed by atoms with Crippen molar-refractivity contribution in [1.29, 1.82) is 0 Å². The molecule has 9 atom stereocenters. The van der Waals surface area contributed by atoms with E-state index >= 15 is 0 Å². The zero-order valence-corrected chi connectivity index (χ0v) is 23.7. The van der Waals surface area contributed by atoms with Crippen molar-refractivity contribution in [3.63, 3.8) is 0 Å². The monoisotopic (exact) mass is 514 g/mol. The molecule has 4 aliphatic carbocycles. The molecule has 2 saturated heterocycles. The number of carbonyl (C=O) groups excluding carboxylic acids is 1. The van der Waals surface area contributed by atoms with Gasteiger partial charge in [0.25, 0.3) is 0 Å². The molecule has 6 heteroatoms. The topological polar surface area (TPSA) is 85.2 Å². The highest BCUT2D eigenvalue weighted by Gasteiger charge is 2.83. The van der Waals surface area contributed by atoms with E-state index in [0.29, 0.717) is 12.8 Å². The van der Waals surface area contributed by atoms with Crippen LogP contribution in [0.4, 0.5) is 0 Å². The summed E-state index contributed by atoms with van der Waals surface area (Å²) < 4.78 is 18.8. The van der Waals surface area contributed by atoms with Crippen LogP contribution in [0.25, 0.3) is 0 Å². The number of methoxy groups -OCH3 is 1. The fraction of sp³-hybridized carbons (Fsp3) is 0.839. The lowest BCUT2D eigenvalue weighted by Gasteiger charge is -2.61. The van der Waals surface area contributed by atoms with Gasteiger partial charge in [-0.05, 0) is 93.1 Å². The average Bonchev–Trinajstić information content (AvgIpc) is 3.21. The molecule has 2 saturated carbocycles. The normalized spacial score (nSPS) is 51.7. The van der Waals surface area contributed by atoms with Gasteiger partial charge in [-0.1, -0.05) is 39.8 Å². The summed E-state index contributed by atoms with van der Waals surface area (Å²) in [5, 5.41) is 23.5. The van der Waals surface area contributed by atoms with Gasteiger partial charge in [-0.3, -0.25) is 4.79 Å². The van der Waals surface area contributed by atoms with E-state index < -0.39 is 28.6 Å². The highest BCUT2D eigenvalue weighted by molar-refractivity contribution is 5.87. The van der Waals surface area contributed by atoms with E-state index in [2.05, 4.69) is 53.7 Å². The van der Waals surface area contributed by atoms with Gasteiger partial charge in [-0.25, -0.2) is 0 Å². The van der Waals surface area contributed by atoms with Gasteiger partial charge in [0, 0.05) is 12.5 Å². The highest BCUT2D eigenvalue weighted by Crippen LogP contribution is 2.75. The molecule has 1 spiro atoms. The van der Waals surface area contributed by atoms with Gasteiger partial charge < -0.3 is 24.4 Å². The largest absolute Gasteiger partial charge is 0.456 e. The maximum atomic E-state index is 14.2. The number of aliphatic hydroxyl groups excluding tert-OH is 1. The molecule has 2 heterocycles. The number of ether oxygens (including phenoxy) is 3. The van der Waals surface area contributed by atoms with Crippen LogP contribution < -0.4 is 0 Å². The molecular weight excluding hydrogens is 468 g/mol. The molecule has 6 nitrogen and oxygen atoms in total. The number of esters is 1. The minimum Gasteiger partial charge on any atom is -0.456 e. The number of aliphatic hydroxyl groups is 2. The lowest BCUT2D eigenvalue weighted by molar-refractivity contribution is -0.197. The number of carbonyl (C=O) groups is 1. The third-order valence-electron chi connectivity index (χ3n) is 12.2. The average molecular weight is 515 g/mol. The molecule has 2 N–H and O–H groups in total. The zero-order valence-electron chi connectivity index (χ0n) is 23.7. The van der Waals surface area contributed by atoms with Gasteiger partial charge in [0.05, 0.1) is 23.9 Å². The summed E-state index contributed by atoms with van der Waals surface area (Å²) in [7, 11) is 1.66. The first-order chi connectivity index (χ1) is 17.2. The first kappa shape index (κ1) is 26.0. The molecule has 0 amide bonds. The predicted molar refractivity (Wildman–Crippen MR) is 140 cm³/mol. The quantitative estimate of drug-likeness (QED) is 0.512. The number of cyclic esters (lactones) is 1. The predicted octanol–water partition coefficient (Wildman–Crippen LogP) is 4.87. The molecule has 37 heavy (non-hydrogen) atoms. The summed E-state index contributed by atoms with van der Waals surface area (Å²) in [5.74, 6) is -0.0583. The number of rotatable bonds is 2. The molecule has 9 unspecified atom stereocenters. The van der Waals surface area contributed by atoms with Gasteiger partial charge >= 0.3 is 5.97 Å². The van der Waals surface area contributed by atoms with Crippen molar-refractivity contribution in [3.8, 4) is 0 Å². The van der Waals surface area contributed by atoms with Crippen molar-refractivity contribution < 1.29 is 29.2 Å². The Morgan fingerprint density at radius 1 is 1.00 bits per heavy atom. The second-order valence-corrected chi connectivity index (χ2v) is 14.6. The summed E-state index contributed by atoms with van der Waals surface area (Å²) in [6.07, 6.45) is 8.90. The Kier molecular flexibility index (Phi) is 5.42. The maximum Gasteiger partial charge on any atom is 0.319 e. The summed E-state index contributed by atoms with van der Waals surface area (Å²) >= 11 is 0. The van der Waals surface area contributed by atoms with Crippen molar-refractivity contribution >= 4 is 5.97 Å². The Balaban J connectivity index is 1.49. The molecule has 0 aromatic heterocycles. The Morgan fingerprint density at radius 3 is 2.41 bits per heavy atom. The van der Waals surface area contributed by atoms with Gasteiger partial charge in [-0.2, -0.15) is 0 Å². The van der Waals surface area contributed by atoms with Gasteiger partial charge in [-0.15, -0.1) is 0 Å². The Labute approximate surface area is 221 Å². The van der Waals surface area contributed by atoms with Crippen LogP contribution in [0.3, 0.4) is 0 Å². The zero-order chi connectivity index (χ0) is 26.8. The Bertz CT molecular complexity index is 1070. The molecule has 0 radical (unpaired) electrons. The van der Waals surface area contributed by atoms with E-state index in [0.717, 1.165) is 38.5 Å². The molecule has 206 valence electrons. The lowest BCUT2D eigenvalue weighted by Crippen LogP contribution is -2.66. The number of fused-ring (bicyclic) bond motifs is 4. The summed E-state index contributed by atoms with van der Waals surface area (Å²) in [5.41, 5.74) is -1.42. The van der Waals surface area contributed by atoms with E-state index in [1.165, 1.54) is 11.1 Å². The van der Waals surface area contributed by atoms with Crippen molar-refractivity contribution in [3.05, 3.63) is 23.3 Å². The second kappa shape index (κ2) is 7.71. The third kappa shape index (κ3) is 2.94. The standard InChI is InChI=1S/C31H46O6/c1-26(2)13-8-9-20(37-26)24-30(34)16-15-29(6)18-10-11-21-27(3,4)22(32)12-14-28(21,5)19(18)17-23(35-7)31(29,30)25(33)36-24/h10,17,20-24,32,34H,8-9,11-16H2,1-7H3. The van der Waals surface area contributed by atoms with Crippen LogP contribution in [0.5, 0.6) is 0 Å². The molecule has 6 aliphatic rings. The SMILES string of the molecule is COC1C=C2C(=CCC3C2(C)CCC(O)C3(C)C)C2(C)CCC3(O)C(C4CCCC(C)(C)O4)OC(=O)C123. The first-order valence-corrected chi connectivity index (χ1v) is 14.4. The van der Waals surface area contributed by atoms with Crippen LogP contribution in [-0.2, 0) is 19.0 Å². The van der Waals surface area contributed by atoms with Crippen LogP contribution in [0.2, 0.25) is 0 Å². The molecule has 6 rings (SSSR count). The first-order valence-electron chi connectivity index (χ1n) is 14.4. The highest BCUT2D eigenvalue weighted by atomic mass is 16.6. The summed E-state index contributed by atoms with van der Waals surface area (Å²) in [4.78, 5) is 14.2. The Hall–Kier alpha value is -1.21. The molecule has 4 fully saturated rings. The molecule has 2 aliphatic heterocycles. The molecule has 0 bridgehead atoms. The summed E-state index contributed by atoms with van der Waals surface area (Å²) in [6.45, 7) is 13.0. The third-order valence-corrected chi connectivity index (χ3v) is 12.2. The molecule has 0 aromatic carbocycles. The number of hydrogen-bond donors (Lipinski definition) is 2. The van der Waals surface area contributed by atoms with Crippen molar-refractivity contribution in [1.82, 2.24) is 0 Å². The molecular formula is C31H46O6. The van der Waals surface area contributed by atoms with Gasteiger partial charge in [0.15, 0.2) is 6.10 Å². The number of allylic oxidation sites excluding steroid dienone is 3. The van der Waals surface area contributed by atoms with E-state index in [1.807, 2.05) is 0 Å². The fourth-order valence-electron chi connectivity index (χ4n) is 10.2. The van der Waals surface area contributed by atoms with Crippen molar-refractivity contribution in [2.24, 2.45) is 27.6 Å². The van der Waals surface area contributed by atoms with E-state index in [1.54, 1.807) is 7.11 Å². The second-order valence-electron chi connectivity index (χ2n) is 14.6. The Morgan fingerprint density at radius 2 is 1.73 bits per heavy atom. The van der Waals surface area contributed by atoms with Gasteiger partial charge in [0.1, 0.15) is 11.0 Å². The minimum absolute atomic E-state index is 0.132. The van der Waals surface area contributed by atoms with Crippen LogP contribution in [0, 0.1) is 27.6 Å². The van der Waals surface area contributed by atoms with E-state index in [-0.39, 0.29) is 40.5 Å². The maximum absolute atomic E-state index is 14.2. The minimum atomic E-state index is -1.37. The number of hydrogen-bond acceptors (Lipinski definition) is 6. The van der Waals surface area contributed by atoms with E-state index in [4.69, 9.17) is 14.2 Å². The van der Waals surface area contributed by atoms with Crippen LogP contribution in [0.15, 0.2) is 23.3 Å². The van der Waals surface area contributed by atoms with Crippen molar-refractivity contribution in [2.75, 3.05) is 7.11 Å². The van der Waals surface area contributed by atoms with Crippen LogP contribution >= 0.6 is 0 Å². The molecule has 0 aromatic rings. The van der Waals surface area contributed by atoms with Crippen LogP contribution in [-0.4, -0.2) is 58.9 Å².